The lowest BCUT2D eigenvalue weighted by atomic mass is 10.2. The second kappa shape index (κ2) is 10.3. The summed E-state index contributed by atoms with van der Waals surface area (Å²) in [4.78, 5) is 41.9. The van der Waals surface area contributed by atoms with Crippen molar-refractivity contribution in [2.24, 2.45) is 0 Å². The molecule has 0 aliphatic heterocycles. The van der Waals surface area contributed by atoms with Crippen LogP contribution >= 0.6 is 0 Å². The number of amides is 3. The van der Waals surface area contributed by atoms with Crippen LogP contribution < -0.4 is 26.2 Å². The molecule has 3 N–H and O–H groups in total. The topological polar surface area (TPSA) is 114 Å². The molecule has 0 fully saturated rings. The molecule has 3 rings (SSSR count). The number of aryl methyl sites for hydroxylation is 1. The maximum atomic E-state index is 12.9. The Bertz CT molecular complexity index is 1140. The van der Waals surface area contributed by atoms with Gasteiger partial charge in [-0.3, -0.25) is 14.6 Å². The van der Waals surface area contributed by atoms with Crippen molar-refractivity contribution in [2.45, 2.75) is 26.4 Å². The van der Waals surface area contributed by atoms with Gasteiger partial charge in [-0.1, -0.05) is 6.07 Å². The van der Waals surface area contributed by atoms with Gasteiger partial charge in [0.25, 0.3) is 5.56 Å². The summed E-state index contributed by atoms with van der Waals surface area (Å²) in [5, 5.41) is 8.02. The molecule has 9 nitrogen and oxygen atoms in total. The first-order valence-corrected chi connectivity index (χ1v) is 10.00. The highest BCUT2D eigenvalue weighted by Crippen LogP contribution is 2.15. The second-order valence-electron chi connectivity index (χ2n) is 7.13. The van der Waals surface area contributed by atoms with E-state index in [0.29, 0.717) is 17.1 Å². The van der Waals surface area contributed by atoms with Crippen molar-refractivity contribution in [2.75, 3.05) is 17.7 Å². The van der Waals surface area contributed by atoms with Crippen molar-refractivity contribution in [3.8, 4) is 5.75 Å². The SMILES string of the molecule is COc1ccc(NC(=O)Nc2ccc(C)n(CC(=O)NC(C)c3ccccn3)c2=O)cc1. The fraction of sp³-hybridized carbons (Fsp3) is 0.217. The van der Waals surface area contributed by atoms with Crippen molar-refractivity contribution in [3.63, 3.8) is 0 Å². The number of hydrogen-bond donors (Lipinski definition) is 3. The van der Waals surface area contributed by atoms with Gasteiger partial charge < -0.3 is 25.3 Å². The summed E-state index contributed by atoms with van der Waals surface area (Å²) in [5.74, 6) is 0.321. The third-order valence-corrected chi connectivity index (χ3v) is 4.80. The number of carbonyl (C=O) groups excluding carboxylic acids is 2. The predicted molar refractivity (Wildman–Crippen MR) is 122 cm³/mol. The minimum absolute atomic E-state index is 0.0622. The zero-order valence-corrected chi connectivity index (χ0v) is 18.1. The summed E-state index contributed by atoms with van der Waals surface area (Å²) < 4.78 is 6.39. The molecule has 0 bridgehead atoms. The molecule has 0 saturated heterocycles. The van der Waals surface area contributed by atoms with E-state index in [0.717, 1.165) is 5.69 Å². The number of urea groups is 1. The number of anilines is 2. The average molecular weight is 435 g/mol. The summed E-state index contributed by atoms with van der Waals surface area (Å²) >= 11 is 0. The number of pyridine rings is 2. The van der Waals surface area contributed by atoms with Gasteiger partial charge in [0.1, 0.15) is 18.0 Å². The number of benzene rings is 1. The fourth-order valence-corrected chi connectivity index (χ4v) is 3.06. The van der Waals surface area contributed by atoms with Gasteiger partial charge in [-0.25, -0.2) is 4.79 Å². The largest absolute Gasteiger partial charge is 0.497 e. The first-order valence-electron chi connectivity index (χ1n) is 10.00. The van der Waals surface area contributed by atoms with Crippen molar-refractivity contribution >= 4 is 23.3 Å². The molecule has 166 valence electrons. The van der Waals surface area contributed by atoms with Crippen molar-refractivity contribution in [3.05, 3.63) is 82.5 Å². The highest BCUT2D eigenvalue weighted by atomic mass is 16.5. The van der Waals surface area contributed by atoms with Crippen LogP contribution in [-0.4, -0.2) is 28.6 Å². The third kappa shape index (κ3) is 5.72. The number of nitrogens with zero attached hydrogens (tertiary/aromatic N) is 2. The van der Waals surface area contributed by atoms with E-state index < -0.39 is 11.6 Å². The highest BCUT2D eigenvalue weighted by Gasteiger charge is 2.15. The maximum absolute atomic E-state index is 12.9. The quantitative estimate of drug-likeness (QED) is 0.528. The van der Waals surface area contributed by atoms with E-state index >= 15 is 0 Å². The minimum atomic E-state index is -0.573. The zero-order chi connectivity index (χ0) is 23.1. The Hall–Kier alpha value is -4.14. The van der Waals surface area contributed by atoms with Crippen LogP contribution in [0.4, 0.5) is 16.2 Å². The zero-order valence-electron chi connectivity index (χ0n) is 18.1. The molecule has 1 aromatic carbocycles. The van der Waals surface area contributed by atoms with Crippen molar-refractivity contribution < 1.29 is 14.3 Å². The van der Waals surface area contributed by atoms with E-state index in [1.807, 2.05) is 19.1 Å². The summed E-state index contributed by atoms with van der Waals surface area (Å²) in [6, 6.07) is 14.5. The molecule has 0 spiro atoms. The minimum Gasteiger partial charge on any atom is -0.497 e. The standard InChI is InChI=1S/C23H25N5O4/c1-15-7-12-20(27-23(31)26-17-8-10-18(32-3)11-9-17)22(30)28(15)14-21(29)25-16(2)19-6-4-5-13-24-19/h4-13,16H,14H2,1-3H3,(H,25,29)(H2,26,27,31). The predicted octanol–water partition coefficient (Wildman–Crippen LogP) is 3.08. The Morgan fingerprint density at radius 2 is 1.81 bits per heavy atom. The molecule has 0 aliphatic rings. The van der Waals surface area contributed by atoms with Crippen LogP contribution in [0.3, 0.4) is 0 Å². The monoisotopic (exact) mass is 435 g/mol. The van der Waals surface area contributed by atoms with Crippen LogP contribution in [0.25, 0.3) is 0 Å². The molecule has 3 amide bonds. The van der Waals surface area contributed by atoms with E-state index in [9.17, 15) is 14.4 Å². The number of carbonyl (C=O) groups is 2. The normalized spacial score (nSPS) is 11.3. The van der Waals surface area contributed by atoms with Crippen LogP contribution in [0.2, 0.25) is 0 Å². The van der Waals surface area contributed by atoms with Gasteiger partial charge in [-0.15, -0.1) is 0 Å². The lowest BCUT2D eigenvalue weighted by Gasteiger charge is -2.16. The summed E-state index contributed by atoms with van der Waals surface area (Å²) in [7, 11) is 1.55. The number of nitrogens with one attached hydrogen (secondary N) is 3. The molecule has 0 aliphatic carbocycles. The van der Waals surface area contributed by atoms with Gasteiger partial charge in [0.2, 0.25) is 5.91 Å². The van der Waals surface area contributed by atoms with E-state index in [1.165, 1.54) is 10.6 Å². The number of aromatic nitrogens is 2. The van der Waals surface area contributed by atoms with Gasteiger partial charge in [0.05, 0.1) is 18.8 Å². The number of ether oxygens (including phenoxy) is 1. The molecule has 3 aromatic rings. The Morgan fingerprint density at radius 1 is 1.06 bits per heavy atom. The van der Waals surface area contributed by atoms with Crippen LogP contribution in [0, 0.1) is 6.92 Å². The number of rotatable bonds is 7. The van der Waals surface area contributed by atoms with Gasteiger partial charge >= 0.3 is 6.03 Å². The smallest absolute Gasteiger partial charge is 0.323 e. The van der Waals surface area contributed by atoms with Crippen LogP contribution in [0.1, 0.15) is 24.4 Å². The van der Waals surface area contributed by atoms with E-state index in [1.54, 1.807) is 56.6 Å². The second-order valence-corrected chi connectivity index (χ2v) is 7.13. The Morgan fingerprint density at radius 3 is 2.47 bits per heavy atom. The molecule has 0 radical (unpaired) electrons. The first-order chi connectivity index (χ1) is 15.4. The summed E-state index contributed by atoms with van der Waals surface area (Å²) in [6.45, 7) is 3.35. The molecule has 9 heteroatoms. The van der Waals surface area contributed by atoms with Crippen molar-refractivity contribution in [1.82, 2.24) is 14.9 Å². The molecule has 1 unspecified atom stereocenters. The van der Waals surface area contributed by atoms with E-state index in [-0.39, 0.29) is 24.2 Å². The molecule has 1 atom stereocenters. The van der Waals surface area contributed by atoms with Crippen LogP contribution in [0.5, 0.6) is 5.75 Å². The van der Waals surface area contributed by atoms with Crippen LogP contribution in [-0.2, 0) is 11.3 Å². The Kier molecular flexibility index (Phi) is 7.22. The van der Waals surface area contributed by atoms with Gasteiger partial charge in [0, 0.05) is 17.6 Å². The van der Waals surface area contributed by atoms with Crippen molar-refractivity contribution in [1.29, 1.82) is 0 Å². The lowest BCUT2D eigenvalue weighted by molar-refractivity contribution is -0.122. The van der Waals surface area contributed by atoms with Gasteiger partial charge in [0.15, 0.2) is 0 Å². The third-order valence-electron chi connectivity index (χ3n) is 4.80. The maximum Gasteiger partial charge on any atom is 0.323 e. The summed E-state index contributed by atoms with van der Waals surface area (Å²) in [5.41, 5.74) is 1.44. The fourth-order valence-electron chi connectivity index (χ4n) is 3.06. The Labute approximate surface area is 185 Å². The van der Waals surface area contributed by atoms with E-state index in [2.05, 4.69) is 20.9 Å². The number of methoxy groups -OCH3 is 1. The van der Waals surface area contributed by atoms with Gasteiger partial charge in [-0.2, -0.15) is 0 Å². The van der Waals surface area contributed by atoms with Gasteiger partial charge in [-0.05, 0) is 62.4 Å². The molecule has 2 aromatic heterocycles. The van der Waals surface area contributed by atoms with E-state index in [4.69, 9.17) is 4.74 Å². The highest BCUT2D eigenvalue weighted by molar-refractivity contribution is 5.99. The molecule has 0 saturated carbocycles. The first kappa shape index (κ1) is 22.5. The molecule has 2 heterocycles. The number of hydrogen-bond acceptors (Lipinski definition) is 5. The molecule has 32 heavy (non-hydrogen) atoms. The molecular formula is C23H25N5O4. The Balaban J connectivity index is 1.67. The van der Waals surface area contributed by atoms with Crippen LogP contribution in [0.15, 0.2) is 65.6 Å². The summed E-state index contributed by atoms with van der Waals surface area (Å²) in [6.07, 6.45) is 1.65. The molecular weight excluding hydrogens is 410 g/mol. The lowest BCUT2D eigenvalue weighted by Crippen LogP contribution is -2.36. The average Bonchev–Trinajstić information content (AvgIpc) is 2.79.